The molecule has 0 spiro atoms. The number of allylic oxidation sites excluding steroid dienone is 1. The second kappa shape index (κ2) is 6.63. The van der Waals surface area contributed by atoms with Crippen LogP contribution in [-0.4, -0.2) is 31.5 Å². The predicted molar refractivity (Wildman–Crippen MR) is 91.5 cm³/mol. The Labute approximate surface area is 141 Å². The van der Waals surface area contributed by atoms with Gasteiger partial charge in [0.15, 0.2) is 17.2 Å². The summed E-state index contributed by atoms with van der Waals surface area (Å²) in [6.45, 7) is 1.35. The van der Waals surface area contributed by atoms with Crippen LogP contribution in [0.15, 0.2) is 52.7 Å². The van der Waals surface area contributed by atoms with Crippen molar-refractivity contribution in [2.45, 2.75) is 11.9 Å². The second-order valence-corrected chi connectivity index (χ2v) is 5.75. The van der Waals surface area contributed by atoms with Gasteiger partial charge in [0.1, 0.15) is 10.5 Å². The molecule has 7 nitrogen and oxygen atoms in total. The molecular weight excluding hydrogens is 326 g/mol. The first-order valence-corrected chi connectivity index (χ1v) is 7.88. The molecule has 3 rings (SSSR count). The minimum atomic E-state index is -0.335. The van der Waals surface area contributed by atoms with Crippen molar-refractivity contribution in [3.05, 3.63) is 53.2 Å². The highest BCUT2D eigenvalue weighted by Gasteiger charge is 2.17. The number of benzene rings is 1. The van der Waals surface area contributed by atoms with Crippen molar-refractivity contribution in [1.82, 2.24) is 19.9 Å². The van der Waals surface area contributed by atoms with Gasteiger partial charge in [-0.1, -0.05) is 42.1 Å². The number of anilines is 1. The van der Waals surface area contributed by atoms with Gasteiger partial charge in [-0.2, -0.15) is 4.98 Å². The lowest BCUT2D eigenvalue weighted by Crippen LogP contribution is -2.10. The molecule has 0 aliphatic heterocycles. The third kappa shape index (κ3) is 3.18. The number of hydrogen-bond acceptors (Lipinski definition) is 7. The molecule has 0 amide bonds. The molecule has 0 aliphatic rings. The van der Waals surface area contributed by atoms with Crippen LogP contribution in [0.1, 0.15) is 17.3 Å². The third-order valence-electron chi connectivity index (χ3n) is 3.22. The number of nitrogens with two attached hydrogens (primary N) is 1. The van der Waals surface area contributed by atoms with E-state index in [-0.39, 0.29) is 23.1 Å². The Balaban J connectivity index is 1.96. The number of nitrogens with one attached hydrogen (secondary N) is 1. The molecule has 120 valence electrons. The van der Waals surface area contributed by atoms with E-state index >= 15 is 0 Å². The zero-order chi connectivity index (χ0) is 17.1. The lowest BCUT2D eigenvalue weighted by Gasteiger charge is -2.04. The van der Waals surface area contributed by atoms with Crippen molar-refractivity contribution >= 4 is 40.4 Å². The Morgan fingerprint density at radius 3 is 2.67 bits per heavy atom. The molecule has 2 aromatic heterocycles. The monoisotopic (exact) mass is 339 g/mol. The average Bonchev–Trinajstić information content (AvgIpc) is 3.03. The summed E-state index contributed by atoms with van der Waals surface area (Å²) in [5, 5.41) is 1.98. The lowest BCUT2D eigenvalue weighted by molar-refractivity contribution is -0.113. The molecule has 0 aliphatic carbocycles. The number of carbonyl (C=O) groups is 2. The van der Waals surface area contributed by atoms with Gasteiger partial charge in [0, 0.05) is 5.56 Å². The Morgan fingerprint density at radius 2 is 1.96 bits per heavy atom. The highest BCUT2D eigenvalue weighted by atomic mass is 32.2. The maximum absolute atomic E-state index is 12.5. The van der Waals surface area contributed by atoms with E-state index < -0.39 is 0 Å². The van der Waals surface area contributed by atoms with E-state index in [4.69, 9.17) is 5.73 Å². The summed E-state index contributed by atoms with van der Waals surface area (Å²) in [5.41, 5.74) is 7.21. The molecule has 0 atom stereocenters. The Bertz CT molecular complexity index is 950. The Kier molecular flexibility index (Phi) is 4.39. The molecular formula is C16H13N5O2S. The Hall–Kier alpha value is -3.00. The van der Waals surface area contributed by atoms with E-state index in [0.717, 1.165) is 11.8 Å². The van der Waals surface area contributed by atoms with Gasteiger partial charge in [0.2, 0.25) is 5.95 Å². The maximum atomic E-state index is 12.5. The largest absolute Gasteiger partial charge is 0.368 e. The minimum absolute atomic E-state index is 0.0734. The van der Waals surface area contributed by atoms with Crippen molar-refractivity contribution < 1.29 is 9.59 Å². The van der Waals surface area contributed by atoms with E-state index in [2.05, 4.69) is 19.9 Å². The molecule has 0 bridgehead atoms. The first-order chi connectivity index (χ1) is 11.6. The van der Waals surface area contributed by atoms with Crippen LogP contribution in [-0.2, 0) is 4.79 Å². The van der Waals surface area contributed by atoms with Crippen LogP contribution in [0.25, 0.3) is 11.2 Å². The lowest BCUT2D eigenvalue weighted by atomic mass is 10.0. The molecule has 24 heavy (non-hydrogen) atoms. The van der Waals surface area contributed by atoms with Gasteiger partial charge in [-0.3, -0.25) is 9.59 Å². The van der Waals surface area contributed by atoms with E-state index in [1.54, 1.807) is 30.3 Å². The van der Waals surface area contributed by atoms with Gasteiger partial charge in [-0.05, 0) is 12.3 Å². The van der Waals surface area contributed by atoms with Crippen LogP contribution < -0.4 is 5.73 Å². The molecule has 0 saturated carbocycles. The number of imidazole rings is 1. The van der Waals surface area contributed by atoms with Gasteiger partial charge in [-0.25, -0.2) is 9.97 Å². The summed E-state index contributed by atoms with van der Waals surface area (Å²) in [6, 6.07) is 8.63. The number of H-pyrrole nitrogens is 1. The molecule has 8 heteroatoms. The number of carbonyl (C=O) groups excluding carboxylic acids is 2. The third-order valence-corrected chi connectivity index (χ3v) is 4.09. The number of rotatable bonds is 5. The molecule has 0 fully saturated rings. The molecule has 0 unspecified atom stereocenters. The van der Waals surface area contributed by atoms with E-state index in [9.17, 15) is 9.59 Å². The summed E-state index contributed by atoms with van der Waals surface area (Å²) in [7, 11) is 0. The maximum Gasteiger partial charge on any atom is 0.223 e. The highest BCUT2D eigenvalue weighted by molar-refractivity contribution is 8.02. The van der Waals surface area contributed by atoms with Crippen LogP contribution in [0.3, 0.4) is 0 Å². The fourth-order valence-electron chi connectivity index (χ4n) is 2.06. The van der Waals surface area contributed by atoms with Gasteiger partial charge in [0.05, 0.1) is 11.9 Å². The fourth-order valence-corrected chi connectivity index (χ4v) is 2.98. The smallest absolute Gasteiger partial charge is 0.223 e. The second-order valence-electron chi connectivity index (χ2n) is 4.89. The van der Waals surface area contributed by atoms with E-state index in [0.29, 0.717) is 21.8 Å². The number of Topliss-reactive ketones (excluding diaryl/α,β-unsaturated/α-hetero) is 2. The summed E-state index contributed by atoms with van der Waals surface area (Å²) in [4.78, 5) is 39.5. The molecule has 3 aromatic rings. The van der Waals surface area contributed by atoms with Crippen LogP contribution in [0.2, 0.25) is 0 Å². The number of ketones is 2. The van der Waals surface area contributed by atoms with Crippen molar-refractivity contribution in [3.63, 3.8) is 0 Å². The normalized spacial score (nSPS) is 11.6. The van der Waals surface area contributed by atoms with E-state index in [1.165, 1.54) is 18.7 Å². The topological polar surface area (TPSA) is 115 Å². The highest BCUT2D eigenvalue weighted by Crippen LogP contribution is 2.26. The SMILES string of the molecule is CC(=O)/C(=C\Sc1nc(N)nc2nc[nH]c12)C(=O)c1ccccc1. The van der Waals surface area contributed by atoms with E-state index in [1.807, 2.05) is 0 Å². The zero-order valence-corrected chi connectivity index (χ0v) is 13.5. The van der Waals surface area contributed by atoms with Crippen molar-refractivity contribution in [2.75, 3.05) is 5.73 Å². The zero-order valence-electron chi connectivity index (χ0n) is 12.7. The number of thioether (sulfide) groups is 1. The van der Waals surface area contributed by atoms with Gasteiger partial charge in [0.25, 0.3) is 0 Å². The molecule has 1 aromatic carbocycles. The van der Waals surface area contributed by atoms with Crippen LogP contribution >= 0.6 is 11.8 Å². The van der Waals surface area contributed by atoms with Crippen LogP contribution in [0.4, 0.5) is 5.95 Å². The fraction of sp³-hybridized carbons (Fsp3) is 0.0625. The summed E-state index contributed by atoms with van der Waals surface area (Å²) in [6.07, 6.45) is 1.48. The Morgan fingerprint density at radius 1 is 1.21 bits per heavy atom. The number of fused-ring (bicyclic) bond motifs is 1. The first-order valence-electron chi connectivity index (χ1n) is 7.00. The molecule has 3 N–H and O–H groups in total. The van der Waals surface area contributed by atoms with Crippen molar-refractivity contribution in [3.8, 4) is 0 Å². The number of aromatic amines is 1. The van der Waals surface area contributed by atoms with Gasteiger partial charge in [-0.15, -0.1) is 0 Å². The summed E-state index contributed by atoms with van der Waals surface area (Å²) >= 11 is 1.12. The molecule has 0 saturated heterocycles. The van der Waals surface area contributed by atoms with Crippen molar-refractivity contribution in [1.29, 1.82) is 0 Å². The number of aromatic nitrogens is 4. The minimum Gasteiger partial charge on any atom is -0.368 e. The number of nitrogens with zero attached hydrogens (tertiary/aromatic N) is 3. The number of nitrogen functional groups attached to an aromatic ring is 1. The van der Waals surface area contributed by atoms with Crippen LogP contribution in [0.5, 0.6) is 0 Å². The first kappa shape index (κ1) is 15.9. The van der Waals surface area contributed by atoms with Crippen LogP contribution in [0, 0.1) is 0 Å². The van der Waals surface area contributed by atoms with Crippen molar-refractivity contribution in [2.24, 2.45) is 0 Å². The number of hydrogen-bond donors (Lipinski definition) is 2. The standard InChI is InChI=1S/C16H13N5O2S/c1-9(22)11(13(23)10-5-3-2-4-6-10)7-24-15-12-14(19-8-18-12)20-16(17)21-15/h2-8H,1H3,(H3,17,18,19,20,21)/b11-7+. The quantitative estimate of drug-likeness (QED) is 0.183. The summed E-state index contributed by atoms with van der Waals surface area (Å²) < 4.78 is 0. The summed E-state index contributed by atoms with van der Waals surface area (Å²) in [5.74, 6) is -0.582. The average molecular weight is 339 g/mol. The molecule has 2 heterocycles. The van der Waals surface area contributed by atoms with Gasteiger partial charge < -0.3 is 10.7 Å². The van der Waals surface area contributed by atoms with Gasteiger partial charge >= 0.3 is 0 Å². The molecule has 0 radical (unpaired) electrons. The predicted octanol–water partition coefficient (Wildman–Crippen LogP) is 2.38.